The van der Waals surface area contributed by atoms with Crippen LogP contribution in [-0.4, -0.2) is 41.0 Å². The predicted octanol–water partition coefficient (Wildman–Crippen LogP) is 20.2. The molecule has 11 nitrogen and oxygen atoms in total. The maximum atomic E-state index is 11.0. The summed E-state index contributed by atoms with van der Waals surface area (Å²) in [5.74, 6) is 6.72. The molecule has 0 atom stereocenters. The fraction of sp³-hybridized carbons (Fsp3) is 0.0723. The van der Waals surface area contributed by atoms with Crippen LogP contribution in [0, 0.1) is 11.3 Å². The summed E-state index contributed by atoms with van der Waals surface area (Å²) in [5.41, 5.74) is 10.2. The minimum absolute atomic E-state index is 0. The van der Waals surface area contributed by atoms with Crippen molar-refractivity contribution < 1.29 is 43.9 Å². The van der Waals surface area contributed by atoms with Gasteiger partial charge in [-0.25, -0.2) is 0 Å². The molecule has 95 heavy (non-hydrogen) atoms. The lowest BCUT2D eigenvalue weighted by atomic mass is 10.0. The number of nitriles is 1. The molecule has 14 rings (SSSR count). The molecule has 0 aliphatic carbocycles. The minimum Gasteiger partial charge on any atom is -0.507 e. The van der Waals surface area contributed by atoms with Gasteiger partial charge < -0.3 is 40.0 Å². The highest BCUT2D eigenvalue weighted by Gasteiger charge is 2.12. The van der Waals surface area contributed by atoms with Gasteiger partial charge in [-0.2, -0.15) is 5.26 Å². The summed E-state index contributed by atoms with van der Waals surface area (Å²) in [6, 6.07) is 99.0. The smallest absolute Gasteiger partial charge is 0.150 e. The van der Waals surface area contributed by atoms with Crippen LogP contribution in [0.2, 0.25) is 0 Å². The number of hydrogen-bond donors (Lipinski definition) is 4. The van der Waals surface area contributed by atoms with Gasteiger partial charge in [-0.3, -0.25) is 9.59 Å². The molecule has 0 bridgehead atoms. The number of halogens is 1. The summed E-state index contributed by atoms with van der Waals surface area (Å²) in [7, 11) is 0. The molecule has 14 aromatic carbocycles. The number of benzene rings is 14. The summed E-state index contributed by atoms with van der Waals surface area (Å²) >= 11 is 0. The van der Waals surface area contributed by atoms with Crippen molar-refractivity contribution in [2.75, 3.05) is 13.2 Å². The van der Waals surface area contributed by atoms with Crippen LogP contribution >= 0.6 is 12.4 Å². The minimum atomic E-state index is 0. The van der Waals surface area contributed by atoms with Crippen molar-refractivity contribution in [1.82, 2.24) is 0 Å². The lowest BCUT2D eigenvalue weighted by Gasteiger charge is -2.12. The topological polar surface area (TPSA) is 182 Å². The maximum Gasteiger partial charge on any atom is 0.150 e. The third-order valence-corrected chi connectivity index (χ3v) is 14.8. The van der Waals surface area contributed by atoms with Crippen LogP contribution in [0.25, 0.3) is 53.9 Å². The molecule has 0 radical (unpaired) electrons. The number of aromatic hydroxyl groups is 1. The SMILES string of the molecule is CCO.Cl.N#CCc1ccc(Oc2ccccc2)c2ccccc12.NCCc1ccc(Oc2ccccc2)c2ccccc12.O=Cc1ccc(O)c2ccccc12.O=Cc1ccc(Oc2ccccc2)c2ccccc12.OCc1ccc(Oc2ccccc2)c2ccccc12. The van der Waals surface area contributed by atoms with Crippen LogP contribution in [0.15, 0.2) is 303 Å². The normalized spacial score (nSPS) is 10.1. The second-order valence-corrected chi connectivity index (χ2v) is 21.0. The Hall–Kier alpha value is -11.6. The zero-order chi connectivity index (χ0) is 65.7. The van der Waals surface area contributed by atoms with Crippen molar-refractivity contribution in [2.45, 2.75) is 26.4 Å². The van der Waals surface area contributed by atoms with Gasteiger partial charge in [-0.1, -0.05) is 212 Å². The number of hydrogen-bond acceptors (Lipinski definition) is 11. The van der Waals surface area contributed by atoms with E-state index in [1.165, 1.54) is 17.0 Å². The van der Waals surface area contributed by atoms with Crippen LogP contribution in [0.5, 0.6) is 51.7 Å². The first-order valence-corrected chi connectivity index (χ1v) is 30.6. The number of ether oxygens (including phenoxy) is 4. The van der Waals surface area contributed by atoms with Gasteiger partial charge >= 0.3 is 0 Å². The Kier molecular flexibility index (Phi) is 26.6. The van der Waals surface area contributed by atoms with Crippen LogP contribution in [0.3, 0.4) is 0 Å². The molecule has 12 heteroatoms. The van der Waals surface area contributed by atoms with Crippen LogP contribution in [0.4, 0.5) is 0 Å². The average molecular weight is 1280 g/mol. The highest BCUT2D eigenvalue weighted by Crippen LogP contribution is 2.36. The van der Waals surface area contributed by atoms with Gasteiger partial charge in [0.1, 0.15) is 51.7 Å². The summed E-state index contributed by atoms with van der Waals surface area (Å²) in [6.07, 6.45) is 2.95. The second-order valence-electron chi connectivity index (χ2n) is 21.0. The van der Waals surface area contributed by atoms with Gasteiger partial charge in [0.15, 0.2) is 12.6 Å². The van der Waals surface area contributed by atoms with Crippen LogP contribution < -0.4 is 24.7 Å². The molecular weight excluding hydrogens is 1200 g/mol. The number of para-hydroxylation sites is 4. The zero-order valence-corrected chi connectivity index (χ0v) is 53.1. The number of fused-ring (bicyclic) bond motifs is 5. The van der Waals surface area contributed by atoms with Crippen LogP contribution in [-0.2, 0) is 19.4 Å². The van der Waals surface area contributed by atoms with Crippen molar-refractivity contribution in [1.29, 1.82) is 5.26 Å². The molecule has 0 aliphatic rings. The van der Waals surface area contributed by atoms with Crippen molar-refractivity contribution in [3.05, 3.63) is 331 Å². The zero-order valence-electron chi connectivity index (χ0n) is 52.3. The van der Waals surface area contributed by atoms with Crippen molar-refractivity contribution in [3.63, 3.8) is 0 Å². The third-order valence-electron chi connectivity index (χ3n) is 14.8. The molecule has 0 fully saturated rings. The number of phenols is 1. The maximum absolute atomic E-state index is 11.0. The molecule has 0 amide bonds. The van der Waals surface area contributed by atoms with E-state index >= 15 is 0 Å². The summed E-state index contributed by atoms with van der Waals surface area (Å²) in [4.78, 5) is 21.7. The van der Waals surface area contributed by atoms with Crippen molar-refractivity contribution in [3.8, 4) is 57.8 Å². The first-order chi connectivity index (χ1) is 46.3. The largest absolute Gasteiger partial charge is 0.507 e. The Bertz CT molecular complexity index is 4780. The number of aliphatic hydroxyl groups excluding tert-OH is 2. The molecule has 0 heterocycles. The number of aldehydes is 2. The Morgan fingerprint density at radius 3 is 0.989 bits per heavy atom. The van der Waals surface area contributed by atoms with E-state index in [1.807, 2.05) is 255 Å². The number of carbonyl (C=O) groups is 2. The van der Waals surface area contributed by atoms with E-state index in [2.05, 4.69) is 30.3 Å². The first kappa shape index (κ1) is 69.3. The van der Waals surface area contributed by atoms with Crippen molar-refractivity contribution >= 4 is 78.8 Å². The van der Waals surface area contributed by atoms with E-state index in [9.17, 15) is 19.8 Å². The second kappa shape index (κ2) is 36.4. The Balaban J connectivity index is 0.000000151. The summed E-state index contributed by atoms with van der Waals surface area (Å²) in [6.45, 7) is 2.62. The molecule has 0 aliphatic heterocycles. The van der Waals surface area contributed by atoms with E-state index in [1.54, 1.807) is 25.1 Å². The first-order valence-electron chi connectivity index (χ1n) is 30.6. The van der Waals surface area contributed by atoms with E-state index in [0.717, 1.165) is 119 Å². The van der Waals surface area contributed by atoms with Crippen molar-refractivity contribution in [2.24, 2.45) is 5.73 Å². The molecule has 5 N–H and O–H groups in total. The lowest BCUT2D eigenvalue weighted by Crippen LogP contribution is -2.03. The summed E-state index contributed by atoms with van der Waals surface area (Å²) < 4.78 is 23.7. The average Bonchev–Trinajstić information content (AvgIpc) is 0.962. The molecule has 474 valence electrons. The standard InChI is InChI=1S/C18H17NO.C18H13NO.C17H14O2.C17H12O2.C11H8O2.C2H6O.ClH/c2*19-13-12-14-10-11-18(17-9-5-4-8-16(14)17)20-15-6-2-1-3-7-15;2*18-12-13-10-11-17(16-9-5-4-8-15(13)16)19-14-6-2-1-3-7-14;12-7-8-5-6-11(13)10-4-2-1-3-9(8)10;1-2-3;/h1-11H,12-13,19H2;1-11H,12H2;1-11,18H,12H2;1-12H;1-7,13H;3H,2H2,1H3;1H. The predicted molar refractivity (Wildman–Crippen MR) is 386 cm³/mol. The van der Waals surface area contributed by atoms with E-state index in [-0.39, 0.29) is 31.4 Å². The monoisotopic (exact) mass is 1270 g/mol. The quantitative estimate of drug-likeness (QED) is 0.0761. The molecule has 0 aromatic heterocycles. The van der Waals surface area contributed by atoms with Gasteiger partial charge in [-0.15, -0.1) is 12.4 Å². The van der Waals surface area contributed by atoms with E-state index in [4.69, 9.17) is 35.0 Å². The highest BCUT2D eigenvalue weighted by atomic mass is 35.5. The van der Waals surface area contributed by atoms with Gasteiger partial charge in [0.05, 0.1) is 19.1 Å². The molecule has 0 saturated carbocycles. The number of carbonyl (C=O) groups excluding carboxylic acids is 2. The fourth-order valence-electron chi connectivity index (χ4n) is 10.4. The Morgan fingerprint density at radius 1 is 0.358 bits per heavy atom. The lowest BCUT2D eigenvalue weighted by molar-refractivity contribution is 0.111. The van der Waals surface area contributed by atoms with Gasteiger partial charge in [-0.05, 0) is 155 Å². The number of aliphatic hydroxyl groups is 2. The molecule has 0 spiro atoms. The molecular formula is C83H71ClN2O9. The molecule has 0 saturated heterocycles. The molecule has 0 unspecified atom stereocenters. The Labute approximate surface area is 559 Å². The highest BCUT2D eigenvalue weighted by molar-refractivity contribution is 6.02. The Morgan fingerprint density at radius 2 is 0.632 bits per heavy atom. The van der Waals surface area contributed by atoms with Gasteiger partial charge in [0.25, 0.3) is 0 Å². The number of nitrogens with zero attached hydrogens (tertiary/aromatic N) is 1. The fourth-order valence-corrected chi connectivity index (χ4v) is 10.4. The number of phenolic OH excluding ortho intramolecular Hbond substituents is 1. The van der Waals surface area contributed by atoms with E-state index in [0.29, 0.717) is 29.5 Å². The van der Waals surface area contributed by atoms with Gasteiger partial charge in [0, 0.05) is 44.7 Å². The number of rotatable bonds is 14. The molecule has 14 aromatic rings. The third kappa shape index (κ3) is 18.8. The summed E-state index contributed by atoms with van der Waals surface area (Å²) in [5, 5.41) is 45.2. The van der Waals surface area contributed by atoms with Gasteiger partial charge in [0.2, 0.25) is 0 Å². The van der Waals surface area contributed by atoms with Crippen LogP contribution in [0.1, 0.15) is 44.3 Å². The number of nitrogens with two attached hydrogens (primary N) is 1. The van der Waals surface area contributed by atoms with E-state index < -0.39 is 0 Å².